The standard InChI is InChI=1S/C16H18N6O2/c1-20-13(2-4-19-20)15(24)21-5-3-16(9-21)6-14(23)22(10-16)12-7-17-11-18-8-12/h2,4,7-8,11H,3,5-6,9-10H2,1H3/t16-/m0/s1. The molecule has 2 saturated heterocycles. The fourth-order valence-electron chi connectivity index (χ4n) is 3.69. The molecule has 24 heavy (non-hydrogen) atoms. The van der Waals surface area contributed by atoms with Gasteiger partial charge in [-0.05, 0) is 12.5 Å². The van der Waals surface area contributed by atoms with E-state index in [1.165, 1.54) is 6.33 Å². The van der Waals surface area contributed by atoms with Crippen LogP contribution in [0.2, 0.25) is 0 Å². The Balaban J connectivity index is 1.51. The summed E-state index contributed by atoms with van der Waals surface area (Å²) in [4.78, 5) is 36.6. The predicted octanol–water partition coefficient (Wildman–Crippen LogP) is 0.479. The second-order valence-electron chi connectivity index (χ2n) is 6.57. The minimum atomic E-state index is -0.179. The number of anilines is 1. The highest BCUT2D eigenvalue weighted by molar-refractivity contribution is 5.97. The van der Waals surface area contributed by atoms with Crippen LogP contribution >= 0.6 is 0 Å². The third-order valence-electron chi connectivity index (χ3n) is 4.94. The lowest BCUT2D eigenvalue weighted by Crippen LogP contribution is -2.35. The number of rotatable bonds is 2. The molecule has 0 aromatic carbocycles. The Morgan fingerprint density at radius 2 is 2.04 bits per heavy atom. The molecular weight excluding hydrogens is 308 g/mol. The van der Waals surface area contributed by atoms with E-state index in [9.17, 15) is 9.59 Å². The van der Waals surface area contributed by atoms with E-state index in [1.54, 1.807) is 41.3 Å². The van der Waals surface area contributed by atoms with E-state index in [4.69, 9.17) is 0 Å². The quantitative estimate of drug-likeness (QED) is 0.801. The number of hydrogen-bond acceptors (Lipinski definition) is 5. The molecule has 0 bridgehead atoms. The normalized spacial score (nSPS) is 23.5. The zero-order valence-electron chi connectivity index (χ0n) is 13.4. The number of nitrogens with zero attached hydrogens (tertiary/aromatic N) is 6. The van der Waals surface area contributed by atoms with Gasteiger partial charge in [0, 0.05) is 44.7 Å². The van der Waals surface area contributed by atoms with Crippen LogP contribution in [0.3, 0.4) is 0 Å². The van der Waals surface area contributed by atoms with E-state index in [1.807, 2.05) is 4.90 Å². The van der Waals surface area contributed by atoms with Crippen LogP contribution < -0.4 is 4.90 Å². The summed E-state index contributed by atoms with van der Waals surface area (Å²) in [7, 11) is 1.76. The summed E-state index contributed by atoms with van der Waals surface area (Å²) < 4.78 is 1.58. The molecule has 2 aromatic heterocycles. The summed E-state index contributed by atoms with van der Waals surface area (Å²) in [5.74, 6) is 0.0421. The number of aromatic nitrogens is 4. The van der Waals surface area contributed by atoms with Crippen molar-refractivity contribution in [1.82, 2.24) is 24.6 Å². The third kappa shape index (κ3) is 2.34. The van der Waals surface area contributed by atoms with Crippen molar-refractivity contribution in [3.8, 4) is 0 Å². The molecular formula is C16H18N6O2. The van der Waals surface area contributed by atoms with Crippen molar-refractivity contribution >= 4 is 17.5 Å². The van der Waals surface area contributed by atoms with Crippen molar-refractivity contribution in [2.45, 2.75) is 12.8 Å². The highest BCUT2D eigenvalue weighted by atomic mass is 16.2. The van der Waals surface area contributed by atoms with E-state index < -0.39 is 0 Å². The summed E-state index contributed by atoms with van der Waals surface area (Å²) in [5, 5.41) is 4.05. The summed E-state index contributed by atoms with van der Waals surface area (Å²) in [6, 6.07) is 1.72. The monoisotopic (exact) mass is 326 g/mol. The van der Waals surface area contributed by atoms with Crippen LogP contribution in [0, 0.1) is 5.41 Å². The number of carbonyl (C=O) groups is 2. The van der Waals surface area contributed by atoms with Gasteiger partial charge in [0.25, 0.3) is 5.91 Å². The summed E-state index contributed by atoms with van der Waals surface area (Å²) in [5.41, 5.74) is 1.11. The molecule has 0 unspecified atom stereocenters. The molecule has 0 N–H and O–H groups in total. The average Bonchev–Trinajstić information content (AvgIpc) is 3.28. The summed E-state index contributed by atoms with van der Waals surface area (Å²) >= 11 is 0. The highest BCUT2D eigenvalue weighted by Gasteiger charge is 2.49. The molecule has 1 spiro atoms. The minimum absolute atomic E-state index is 0.0270. The van der Waals surface area contributed by atoms with E-state index in [0.717, 1.165) is 12.1 Å². The van der Waals surface area contributed by atoms with Gasteiger partial charge in [-0.3, -0.25) is 14.3 Å². The smallest absolute Gasteiger partial charge is 0.272 e. The van der Waals surface area contributed by atoms with Crippen LogP contribution in [0.15, 0.2) is 31.0 Å². The largest absolute Gasteiger partial charge is 0.337 e. The second kappa shape index (κ2) is 5.40. The van der Waals surface area contributed by atoms with Crippen LogP contribution in [0.4, 0.5) is 5.69 Å². The Labute approximate surface area is 139 Å². The maximum Gasteiger partial charge on any atom is 0.272 e. The number of hydrogen-bond donors (Lipinski definition) is 0. The molecule has 4 heterocycles. The Morgan fingerprint density at radius 3 is 2.75 bits per heavy atom. The third-order valence-corrected chi connectivity index (χ3v) is 4.94. The van der Waals surface area contributed by atoms with Crippen molar-refractivity contribution in [2.75, 3.05) is 24.5 Å². The first-order chi connectivity index (χ1) is 11.6. The van der Waals surface area contributed by atoms with Crippen molar-refractivity contribution in [1.29, 1.82) is 0 Å². The molecule has 8 heteroatoms. The molecule has 124 valence electrons. The van der Waals surface area contributed by atoms with Gasteiger partial charge < -0.3 is 9.80 Å². The van der Waals surface area contributed by atoms with Crippen LogP contribution in [0.5, 0.6) is 0 Å². The van der Waals surface area contributed by atoms with Gasteiger partial charge in [-0.25, -0.2) is 9.97 Å². The summed E-state index contributed by atoms with van der Waals surface area (Å²) in [6.07, 6.45) is 7.65. The molecule has 2 fully saturated rings. The maximum absolute atomic E-state index is 12.6. The number of carbonyl (C=O) groups excluding carboxylic acids is 2. The number of likely N-dealkylation sites (tertiary alicyclic amines) is 1. The molecule has 2 aliphatic heterocycles. The molecule has 2 aliphatic rings. The van der Waals surface area contributed by atoms with E-state index in [0.29, 0.717) is 31.7 Å². The maximum atomic E-state index is 12.6. The minimum Gasteiger partial charge on any atom is -0.337 e. The van der Waals surface area contributed by atoms with Crippen LogP contribution in [0.1, 0.15) is 23.3 Å². The molecule has 2 amide bonds. The van der Waals surface area contributed by atoms with E-state index in [-0.39, 0.29) is 17.2 Å². The molecule has 4 rings (SSSR count). The Bertz CT molecular complexity index is 789. The zero-order chi connectivity index (χ0) is 16.7. The number of amides is 2. The Morgan fingerprint density at radius 1 is 1.25 bits per heavy atom. The van der Waals surface area contributed by atoms with Crippen LogP contribution in [-0.2, 0) is 11.8 Å². The Kier molecular flexibility index (Phi) is 3.33. The van der Waals surface area contributed by atoms with Gasteiger partial charge in [0.15, 0.2) is 0 Å². The second-order valence-corrected chi connectivity index (χ2v) is 6.57. The van der Waals surface area contributed by atoms with Crippen molar-refractivity contribution in [3.63, 3.8) is 0 Å². The topological polar surface area (TPSA) is 84.2 Å². The molecule has 1 atom stereocenters. The molecule has 0 aliphatic carbocycles. The van der Waals surface area contributed by atoms with Crippen LogP contribution in [-0.4, -0.2) is 56.1 Å². The number of aryl methyl sites for hydroxylation is 1. The first kappa shape index (κ1) is 14.8. The van der Waals surface area contributed by atoms with Crippen molar-refractivity contribution in [3.05, 3.63) is 36.7 Å². The van der Waals surface area contributed by atoms with Crippen LogP contribution in [0.25, 0.3) is 0 Å². The predicted molar refractivity (Wildman–Crippen MR) is 85.2 cm³/mol. The SMILES string of the molecule is Cn1nccc1C(=O)N1CC[C@]2(CC(=O)N(c3cncnc3)C2)C1. The Hall–Kier alpha value is -2.77. The van der Waals surface area contributed by atoms with E-state index >= 15 is 0 Å². The first-order valence-corrected chi connectivity index (χ1v) is 7.91. The highest BCUT2D eigenvalue weighted by Crippen LogP contribution is 2.41. The van der Waals surface area contributed by atoms with Crippen molar-refractivity contribution < 1.29 is 9.59 Å². The van der Waals surface area contributed by atoms with Gasteiger partial charge in [0.1, 0.15) is 12.0 Å². The fourth-order valence-corrected chi connectivity index (χ4v) is 3.69. The van der Waals surface area contributed by atoms with Crippen molar-refractivity contribution in [2.24, 2.45) is 12.5 Å². The van der Waals surface area contributed by atoms with Gasteiger partial charge in [-0.15, -0.1) is 0 Å². The molecule has 0 saturated carbocycles. The van der Waals surface area contributed by atoms with Gasteiger partial charge in [0.05, 0.1) is 18.1 Å². The van der Waals surface area contributed by atoms with E-state index in [2.05, 4.69) is 15.1 Å². The molecule has 2 aromatic rings. The van der Waals surface area contributed by atoms with Gasteiger partial charge in [0.2, 0.25) is 5.91 Å². The lowest BCUT2D eigenvalue weighted by molar-refractivity contribution is -0.117. The first-order valence-electron chi connectivity index (χ1n) is 7.91. The zero-order valence-corrected chi connectivity index (χ0v) is 13.4. The lowest BCUT2D eigenvalue weighted by Gasteiger charge is -2.24. The average molecular weight is 326 g/mol. The fraction of sp³-hybridized carbons (Fsp3) is 0.438. The lowest BCUT2D eigenvalue weighted by atomic mass is 9.86. The molecule has 8 nitrogen and oxygen atoms in total. The summed E-state index contributed by atoms with van der Waals surface area (Å²) in [6.45, 7) is 1.86. The van der Waals surface area contributed by atoms with Gasteiger partial charge in [-0.2, -0.15) is 5.10 Å². The molecule has 0 radical (unpaired) electrons. The van der Waals surface area contributed by atoms with Gasteiger partial charge in [-0.1, -0.05) is 0 Å². The van der Waals surface area contributed by atoms with Gasteiger partial charge >= 0.3 is 0 Å².